The monoisotopic (exact) mass is 360 g/mol. The summed E-state index contributed by atoms with van der Waals surface area (Å²) in [6.07, 6.45) is 0. The number of piperazine rings is 1. The Balaban J connectivity index is 1.39. The van der Waals surface area contributed by atoms with Crippen LogP contribution < -0.4 is 0 Å². The summed E-state index contributed by atoms with van der Waals surface area (Å²) in [5, 5.41) is 7.09. The number of hydrogen-bond donors (Lipinski definition) is 1. The van der Waals surface area contributed by atoms with E-state index >= 15 is 0 Å². The molecule has 1 fully saturated rings. The number of carbonyl (C=O) groups excluding carboxylic acids is 2. The molecule has 1 aliphatic heterocycles. The number of aromatic nitrogens is 2. The predicted octanol–water partition coefficient (Wildman–Crippen LogP) is 2.67. The van der Waals surface area contributed by atoms with Crippen LogP contribution in [0.2, 0.25) is 0 Å². The maximum absolute atomic E-state index is 12.7. The van der Waals surface area contributed by atoms with Gasteiger partial charge in [0.05, 0.1) is 5.69 Å². The Bertz CT molecular complexity index is 929. The Morgan fingerprint density at radius 3 is 1.96 bits per heavy atom. The molecule has 2 amide bonds. The van der Waals surface area contributed by atoms with Gasteiger partial charge in [-0.3, -0.25) is 14.7 Å². The van der Waals surface area contributed by atoms with Crippen LogP contribution in [0.1, 0.15) is 20.8 Å². The molecule has 6 heteroatoms. The van der Waals surface area contributed by atoms with Gasteiger partial charge < -0.3 is 9.80 Å². The standard InChI is InChI=1S/C21H20N4O2/c26-20(17-9-5-2-6-10-17)24-11-13-25(14-12-24)21(27)19-15-18(22-23-19)16-7-3-1-4-8-16/h1-10,15H,11-14H2,(H,22,23). The van der Waals surface area contributed by atoms with Crippen molar-refractivity contribution in [3.05, 3.63) is 78.0 Å². The van der Waals surface area contributed by atoms with E-state index in [9.17, 15) is 9.59 Å². The van der Waals surface area contributed by atoms with E-state index < -0.39 is 0 Å². The first-order valence-electron chi connectivity index (χ1n) is 8.97. The quantitative estimate of drug-likeness (QED) is 0.781. The second-order valence-corrected chi connectivity index (χ2v) is 6.48. The van der Waals surface area contributed by atoms with Crippen molar-refractivity contribution in [3.63, 3.8) is 0 Å². The zero-order chi connectivity index (χ0) is 18.6. The van der Waals surface area contributed by atoms with E-state index in [4.69, 9.17) is 0 Å². The average Bonchev–Trinajstić information content (AvgIpc) is 3.24. The third kappa shape index (κ3) is 3.60. The van der Waals surface area contributed by atoms with Gasteiger partial charge in [-0.15, -0.1) is 0 Å². The van der Waals surface area contributed by atoms with Crippen LogP contribution in [-0.2, 0) is 0 Å². The van der Waals surface area contributed by atoms with Crippen molar-refractivity contribution < 1.29 is 9.59 Å². The molecule has 1 saturated heterocycles. The van der Waals surface area contributed by atoms with Gasteiger partial charge in [0, 0.05) is 37.3 Å². The fourth-order valence-electron chi connectivity index (χ4n) is 3.23. The third-order valence-electron chi connectivity index (χ3n) is 4.75. The molecule has 0 aliphatic carbocycles. The number of aromatic amines is 1. The predicted molar refractivity (Wildman–Crippen MR) is 102 cm³/mol. The lowest BCUT2D eigenvalue weighted by molar-refractivity contribution is 0.0532. The first-order chi connectivity index (χ1) is 13.2. The van der Waals surface area contributed by atoms with Crippen molar-refractivity contribution in [1.29, 1.82) is 0 Å². The van der Waals surface area contributed by atoms with Crippen molar-refractivity contribution in [3.8, 4) is 11.3 Å². The molecule has 136 valence electrons. The highest BCUT2D eigenvalue weighted by Crippen LogP contribution is 2.18. The van der Waals surface area contributed by atoms with Gasteiger partial charge in [-0.25, -0.2) is 0 Å². The van der Waals surface area contributed by atoms with Crippen LogP contribution in [0, 0.1) is 0 Å². The molecule has 1 aromatic heterocycles. The number of amides is 2. The summed E-state index contributed by atoms with van der Waals surface area (Å²) in [5.41, 5.74) is 2.86. The van der Waals surface area contributed by atoms with E-state index in [1.165, 1.54) is 0 Å². The Morgan fingerprint density at radius 2 is 1.33 bits per heavy atom. The molecule has 0 saturated carbocycles. The Morgan fingerprint density at radius 1 is 0.778 bits per heavy atom. The zero-order valence-corrected chi connectivity index (χ0v) is 14.8. The third-order valence-corrected chi connectivity index (χ3v) is 4.75. The summed E-state index contributed by atoms with van der Waals surface area (Å²) in [4.78, 5) is 28.8. The molecule has 27 heavy (non-hydrogen) atoms. The first-order valence-corrected chi connectivity index (χ1v) is 8.97. The number of benzene rings is 2. The molecular weight excluding hydrogens is 340 g/mol. The van der Waals surface area contributed by atoms with Crippen LogP contribution in [0.15, 0.2) is 66.7 Å². The molecule has 0 radical (unpaired) electrons. The van der Waals surface area contributed by atoms with E-state index in [0.29, 0.717) is 37.4 Å². The van der Waals surface area contributed by atoms with Crippen LogP contribution in [0.5, 0.6) is 0 Å². The van der Waals surface area contributed by atoms with Crippen molar-refractivity contribution >= 4 is 11.8 Å². The van der Waals surface area contributed by atoms with Crippen LogP contribution >= 0.6 is 0 Å². The number of hydrogen-bond acceptors (Lipinski definition) is 3. The molecule has 0 spiro atoms. The van der Waals surface area contributed by atoms with E-state index in [2.05, 4.69) is 10.2 Å². The summed E-state index contributed by atoms with van der Waals surface area (Å²) in [7, 11) is 0. The molecule has 1 N–H and O–H groups in total. The van der Waals surface area contributed by atoms with Gasteiger partial charge in [-0.2, -0.15) is 5.10 Å². The van der Waals surface area contributed by atoms with Gasteiger partial charge in [-0.1, -0.05) is 48.5 Å². The van der Waals surface area contributed by atoms with Gasteiger partial charge in [0.15, 0.2) is 0 Å². The van der Waals surface area contributed by atoms with Crippen molar-refractivity contribution in [2.24, 2.45) is 0 Å². The maximum atomic E-state index is 12.7. The SMILES string of the molecule is O=C(c1ccccc1)N1CCN(C(=O)c2cc(-c3ccccc3)n[nH]2)CC1. The molecular formula is C21H20N4O2. The minimum Gasteiger partial charge on any atom is -0.335 e. The van der Waals surface area contributed by atoms with Crippen LogP contribution in [0.25, 0.3) is 11.3 Å². The molecule has 0 bridgehead atoms. The lowest BCUT2D eigenvalue weighted by Crippen LogP contribution is -2.50. The molecule has 2 heterocycles. The van der Waals surface area contributed by atoms with Crippen LogP contribution in [-0.4, -0.2) is 58.0 Å². The summed E-state index contributed by atoms with van der Waals surface area (Å²) < 4.78 is 0. The average molecular weight is 360 g/mol. The molecule has 2 aromatic carbocycles. The normalized spacial score (nSPS) is 14.2. The maximum Gasteiger partial charge on any atom is 0.272 e. The van der Waals surface area contributed by atoms with E-state index in [1.807, 2.05) is 60.7 Å². The Kier molecular flexibility index (Phi) is 4.70. The molecule has 0 unspecified atom stereocenters. The number of nitrogens with one attached hydrogen (secondary N) is 1. The number of carbonyl (C=O) groups is 2. The number of H-pyrrole nitrogens is 1. The van der Waals surface area contributed by atoms with Crippen molar-refractivity contribution in [1.82, 2.24) is 20.0 Å². The lowest BCUT2D eigenvalue weighted by Gasteiger charge is -2.34. The highest BCUT2D eigenvalue weighted by Gasteiger charge is 2.26. The van der Waals surface area contributed by atoms with Crippen LogP contribution in [0.4, 0.5) is 0 Å². The Hall–Kier alpha value is -3.41. The summed E-state index contributed by atoms with van der Waals surface area (Å²) in [6, 6.07) is 20.7. The second-order valence-electron chi connectivity index (χ2n) is 6.48. The molecule has 4 rings (SSSR count). The fourth-order valence-corrected chi connectivity index (χ4v) is 3.23. The van der Waals surface area contributed by atoms with Crippen LogP contribution in [0.3, 0.4) is 0 Å². The topological polar surface area (TPSA) is 69.3 Å². The highest BCUT2D eigenvalue weighted by molar-refractivity contribution is 5.95. The molecule has 3 aromatic rings. The van der Waals surface area contributed by atoms with Crippen molar-refractivity contribution in [2.45, 2.75) is 0 Å². The fraction of sp³-hybridized carbons (Fsp3) is 0.190. The van der Waals surface area contributed by atoms with E-state index in [-0.39, 0.29) is 11.8 Å². The molecule has 6 nitrogen and oxygen atoms in total. The number of nitrogens with zero attached hydrogens (tertiary/aromatic N) is 3. The summed E-state index contributed by atoms with van der Waals surface area (Å²) >= 11 is 0. The lowest BCUT2D eigenvalue weighted by atomic mass is 10.1. The zero-order valence-electron chi connectivity index (χ0n) is 14.8. The van der Waals surface area contributed by atoms with Gasteiger partial charge in [-0.05, 0) is 18.2 Å². The highest BCUT2D eigenvalue weighted by atomic mass is 16.2. The van der Waals surface area contributed by atoms with Gasteiger partial charge >= 0.3 is 0 Å². The number of rotatable bonds is 3. The summed E-state index contributed by atoms with van der Waals surface area (Å²) in [6.45, 7) is 2.08. The largest absolute Gasteiger partial charge is 0.335 e. The molecule has 1 aliphatic rings. The minimum absolute atomic E-state index is 0.00982. The van der Waals surface area contributed by atoms with Gasteiger partial charge in [0.1, 0.15) is 5.69 Å². The summed E-state index contributed by atoms with van der Waals surface area (Å²) in [5.74, 6) is -0.0768. The van der Waals surface area contributed by atoms with Gasteiger partial charge in [0.2, 0.25) is 0 Å². The second kappa shape index (κ2) is 7.45. The van der Waals surface area contributed by atoms with Crippen molar-refractivity contribution in [2.75, 3.05) is 26.2 Å². The van der Waals surface area contributed by atoms with Gasteiger partial charge in [0.25, 0.3) is 11.8 Å². The minimum atomic E-state index is -0.0866. The Labute approximate surface area is 157 Å². The smallest absolute Gasteiger partial charge is 0.272 e. The van der Waals surface area contributed by atoms with E-state index in [1.54, 1.807) is 15.9 Å². The molecule has 0 atom stereocenters. The first kappa shape index (κ1) is 17.0. The van der Waals surface area contributed by atoms with E-state index in [0.717, 1.165) is 11.3 Å².